The Morgan fingerprint density at radius 3 is 2.23 bits per heavy atom. The van der Waals surface area contributed by atoms with Crippen LogP contribution in [-0.2, 0) is 11.3 Å². The molecule has 1 N–H and O–H groups in total. The molecule has 0 spiro atoms. The van der Waals surface area contributed by atoms with Gasteiger partial charge in [-0.2, -0.15) is 0 Å². The number of aromatic nitrogens is 1. The van der Waals surface area contributed by atoms with Crippen molar-refractivity contribution in [3.63, 3.8) is 0 Å². The molecule has 1 aromatic carbocycles. The topological polar surface area (TPSA) is 76.2 Å². The maximum atomic E-state index is 12.4. The molecule has 0 radical (unpaired) electrons. The second-order valence-electron chi connectivity index (χ2n) is 7.15. The van der Waals surface area contributed by atoms with Gasteiger partial charge in [-0.3, -0.25) is 14.7 Å². The fourth-order valence-electron chi connectivity index (χ4n) is 3.53. The van der Waals surface area contributed by atoms with Crippen LogP contribution in [0.2, 0.25) is 0 Å². The van der Waals surface area contributed by atoms with Crippen molar-refractivity contribution in [1.82, 2.24) is 14.8 Å². The minimum atomic E-state index is -0.0415. The van der Waals surface area contributed by atoms with Crippen molar-refractivity contribution in [3.8, 4) is 17.2 Å². The number of nitrogens with zero attached hydrogens (tertiary/aromatic N) is 3. The minimum absolute atomic E-state index is 0.0415. The predicted molar refractivity (Wildman–Crippen MR) is 115 cm³/mol. The van der Waals surface area contributed by atoms with E-state index in [-0.39, 0.29) is 5.91 Å². The van der Waals surface area contributed by atoms with E-state index in [1.54, 1.807) is 33.5 Å². The summed E-state index contributed by atoms with van der Waals surface area (Å²) >= 11 is 0. The van der Waals surface area contributed by atoms with Gasteiger partial charge in [0.2, 0.25) is 11.7 Å². The van der Waals surface area contributed by atoms with Crippen molar-refractivity contribution in [1.29, 1.82) is 0 Å². The SMILES string of the molecule is COc1cc(NC(=O)CCN2CCN(Cc3ccccn3)CC2)cc(OC)c1OC. The lowest BCUT2D eigenvalue weighted by molar-refractivity contribution is -0.116. The maximum absolute atomic E-state index is 12.4. The molecular weight excluding hydrogens is 384 g/mol. The first-order valence-corrected chi connectivity index (χ1v) is 10.1. The highest BCUT2D eigenvalue weighted by Crippen LogP contribution is 2.39. The van der Waals surface area contributed by atoms with E-state index in [1.807, 2.05) is 18.3 Å². The van der Waals surface area contributed by atoms with Crippen LogP contribution in [-0.4, -0.2) is 74.7 Å². The van der Waals surface area contributed by atoms with Crippen LogP contribution in [0.4, 0.5) is 5.69 Å². The summed E-state index contributed by atoms with van der Waals surface area (Å²) in [6.07, 6.45) is 2.26. The fourth-order valence-corrected chi connectivity index (χ4v) is 3.53. The number of pyridine rings is 1. The molecule has 8 nitrogen and oxygen atoms in total. The van der Waals surface area contributed by atoms with Crippen molar-refractivity contribution in [2.24, 2.45) is 0 Å². The van der Waals surface area contributed by atoms with Gasteiger partial charge in [-0.1, -0.05) is 6.07 Å². The standard InChI is InChI=1S/C22H30N4O4/c1-28-19-14-18(15-20(29-2)22(19)30-3)24-21(27)7-9-25-10-12-26(13-11-25)16-17-6-4-5-8-23-17/h4-6,8,14-15H,7,9-13,16H2,1-3H3,(H,24,27). The zero-order valence-corrected chi connectivity index (χ0v) is 17.9. The maximum Gasteiger partial charge on any atom is 0.225 e. The number of amides is 1. The lowest BCUT2D eigenvalue weighted by Crippen LogP contribution is -2.46. The van der Waals surface area contributed by atoms with Gasteiger partial charge in [0.1, 0.15) is 0 Å². The van der Waals surface area contributed by atoms with E-state index in [2.05, 4.69) is 26.2 Å². The number of rotatable bonds is 9. The van der Waals surface area contributed by atoms with Crippen LogP contribution < -0.4 is 19.5 Å². The van der Waals surface area contributed by atoms with Crippen LogP contribution >= 0.6 is 0 Å². The summed E-state index contributed by atoms with van der Waals surface area (Å²) in [6.45, 7) is 5.45. The Bertz CT molecular complexity index is 798. The van der Waals surface area contributed by atoms with Gasteiger partial charge < -0.3 is 24.4 Å². The summed E-state index contributed by atoms with van der Waals surface area (Å²) in [6, 6.07) is 9.47. The second-order valence-corrected chi connectivity index (χ2v) is 7.15. The lowest BCUT2D eigenvalue weighted by Gasteiger charge is -2.34. The van der Waals surface area contributed by atoms with E-state index in [4.69, 9.17) is 14.2 Å². The van der Waals surface area contributed by atoms with Crippen LogP contribution in [0.15, 0.2) is 36.5 Å². The molecule has 0 aliphatic carbocycles. The smallest absolute Gasteiger partial charge is 0.225 e. The van der Waals surface area contributed by atoms with E-state index >= 15 is 0 Å². The van der Waals surface area contributed by atoms with E-state index in [0.717, 1.165) is 45.0 Å². The van der Waals surface area contributed by atoms with Gasteiger partial charge in [0.25, 0.3) is 0 Å². The number of ether oxygens (including phenoxy) is 3. The number of carbonyl (C=O) groups is 1. The van der Waals surface area contributed by atoms with Gasteiger partial charge in [0, 0.05) is 69.7 Å². The second kappa shape index (κ2) is 10.8. The predicted octanol–water partition coefficient (Wildman–Crippen LogP) is 2.25. The van der Waals surface area contributed by atoms with E-state index < -0.39 is 0 Å². The molecule has 0 bridgehead atoms. The van der Waals surface area contributed by atoms with Gasteiger partial charge >= 0.3 is 0 Å². The van der Waals surface area contributed by atoms with Crippen molar-refractivity contribution in [3.05, 3.63) is 42.2 Å². The number of hydrogen-bond donors (Lipinski definition) is 1. The van der Waals surface area contributed by atoms with Crippen LogP contribution in [0.5, 0.6) is 17.2 Å². The first-order chi connectivity index (χ1) is 14.6. The monoisotopic (exact) mass is 414 g/mol. The van der Waals surface area contributed by atoms with Gasteiger partial charge in [0.05, 0.1) is 27.0 Å². The Hall–Kier alpha value is -2.84. The molecule has 1 aromatic heterocycles. The number of methoxy groups -OCH3 is 3. The van der Waals surface area contributed by atoms with Gasteiger partial charge in [-0.05, 0) is 12.1 Å². The van der Waals surface area contributed by atoms with Crippen LogP contribution in [0.3, 0.4) is 0 Å². The van der Waals surface area contributed by atoms with Gasteiger partial charge in [-0.15, -0.1) is 0 Å². The van der Waals surface area contributed by atoms with Gasteiger partial charge in [0.15, 0.2) is 11.5 Å². The molecule has 0 saturated carbocycles. The fraction of sp³-hybridized carbons (Fsp3) is 0.455. The molecule has 2 heterocycles. The average molecular weight is 415 g/mol. The normalized spacial score (nSPS) is 14.9. The third kappa shape index (κ3) is 5.84. The molecule has 0 atom stereocenters. The molecule has 30 heavy (non-hydrogen) atoms. The third-order valence-corrected chi connectivity index (χ3v) is 5.18. The summed E-state index contributed by atoms with van der Waals surface area (Å²) < 4.78 is 16.0. The Kier molecular flexibility index (Phi) is 7.87. The number of hydrogen-bond acceptors (Lipinski definition) is 7. The van der Waals surface area contributed by atoms with E-state index in [0.29, 0.717) is 29.4 Å². The molecule has 2 aromatic rings. The number of anilines is 1. The van der Waals surface area contributed by atoms with Gasteiger partial charge in [-0.25, -0.2) is 0 Å². The summed E-state index contributed by atoms with van der Waals surface area (Å²) in [7, 11) is 4.65. The first-order valence-electron chi connectivity index (χ1n) is 10.1. The van der Waals surface area contributed by atoms with E-state index in [1.165, 1.54) is 0 Å². The summed E-state index contributed by atoms with van der Waals surface area (Å²) in [5.74, 6) is 1.48. The van der Waals surface area contributed by atoms with Crippen LogP contribution in [0, 0.1) is 0 Å². The highest BCUT2D eigenvalue weighted by Gasteiger charge is 2.19. The van der Waals surface area contributed by atoms with Crippen molar-refractivity contribution in [2.75, 3.05) is 59.4 Å². The number of carbonyl (C=O) groups excluding carboxylic acids is 1. The van der Waals surface area contributed by atoms with Crippen LogP contribution in [0.25, 0.3) is 0 Å². The van der Waals surface area contributed by atoms with Crippen molar-refractivity contribution in [2.45, 2.75) is 13.0 Å². The summed E-state index contributed by atoms with van der Waals surface area (Å²) in [5.41, 5.74) is 1.71. The molecule has 1 saturated heterocycles. The first kappa shape index (κ1) is 21.9. The highest BCUT2D eigenvalue weighted by atomic mass is 16.5. The molecule has 1 aliphatic heterocycles. The van der Waals surface area contributed by atoms with Crippen LogP contribution in [0.1, 0.15) is 12.1 Å². The zero-order valence-electron chi connectivity index (χ0n) is 17.9. The molecular formula is C22H30N4O4. The Morgan fingerprint density at radius 1 is 1.00 bits per heavy atom. The molecule has 8 heteroatoms. The number of benzene rings is 1. The molecule has 1 aliphatic rings. The Balaban J connectivity index is 1.45. The zero-order chi connectivity index (χ0) is 21.3. The summed E-state index contributed by atoms with van der Waals surface area (Å²) in [5, 5.41) is 2.92. The average Bonchev–Trinajstić information content (AvgIpc) is 2.78. The Morgan fingerprint density at radius 2 is 1.67 bits per heavy atom. The van der Waals surface area contributed by atoms with Crippen molar-refractivity contribution >= 4 is 11.6 Å². The molecule has 1 amide bonds. The molecule has 3 rings (SSSR count). The highest BCUT2D eigenvalue weighted by molar-refractivity contribution is 5.91. The van der Waals surface area contributed by atoms with E-state index in [9.17, 15) is 4.79 Å². The summed E-state index contributed by atoms with van der Waals surface area (Å²) in [4.78, 5) is 21.6. The lowest BCUT2D eigenvalue weighted by atomic mass is 10.2. The minimum Gasteiger partial charge on any atom is -0.493 e. The van der Waals surface area contributed by atoms with Crippen molar-refractivity contribution < 1.29 is 19.0 Å². The molecule has 1 fully saturated rings. The number of nitrogens with one attached hydrogen (secondary N) is 1. The quantitative estimate of drug-likeness (QED) is 0.674. The number of piperazine rings is 1. The Labute approximate surface area is 177 Å². The largest absolute Gasteiger partial charge is 0.493 e. The molecule has 0 unspecified atom stereocenters. The molecule has 162 valence electrons. The third-order valence-electron chi connectivity index (χ3n) is 5.18.